The van der Waals surface area contributed by atoms with E-state index in [-0.39, 0.29) is 12.5 Å². The average molecular weight is 335 g/mol. The van der Waals surface area contributed by atoms with Gasteiger partial charge in [-0.15, -0.1) is 0 Å². The Balaban J connectivity index is 1.47. The number of amides is 1. The Labute approximate surface area is 144 Å². The Morgan fingerprint density at radius 3 is 2.80 bits per heavy atom. The third-order valence-corrected chi connectivity index (χ3v) is 4.23. The normalized spacial score (nSPS) is 13.4. The van der Waals surface area contributed by atoms with E-state index < -0.39 is 0 Å². The molecule has 7 heteroatoms. The Morgan fingerprint density at radius 1 is 1.20 bits per heavy atom. The van der Waals surface area contributed by atoms with Gasteiger partial charge in [0.1, 0.15) is 6.33 Å². The fourth-order valence-corrected chi connectivity index (χ4v) is 2.94. The fraction of sp³-hybridized carbons (Fsp3) is 0.222. The van der Waals surface area contributed by atoms with E-state index in [4.69, 9.17) is 4.74 Å². The molecule has 0 unspecified atom stereocenters. The van der Waals surface area contributed by atoms with Crippen LogP contribution in [-0.2, 0) is 17.8 Å². The van der Waals surface area contributed by atoms with Crippen LogP contribution in [0.25, 0.3) is 11.3 Å². The number of aromatic nitrogens is 4. The van der Waals surface area contributed by atoms with Crippen molar-refractivity contribution < 1.29 is 9.53 Å². The van der Waals surface area contributed by atoms with Gasteiger partial charge in [-0.1, -0.05) is 30.3 Å². The summed E-state index contributed by atoms with van der Waals surface area (Å²) in [4.78, 5) is 22.0. The van der Waals surface area contributed by atoms with Crippen LogP contribution in [0.15, 0.2) is 49.1 Å². The summed E-state index contributed by atoms with van der Waals surface area (Å²) in [6.45, 7) is 1.15. The molecule has 0 aliphatic carbocycles. The van der Waals surface area contributed by atoms with Crippen LogP contribution >= 0.6 is 0 Å². The zero-order valence-electron chi connectivity index (χ0n) is 13.6. The second-order valence-electron chi connectivity index (χ2n) is 5.82. The van der Waals surface area contributed by atoms with Gasteiger partial charge in [0.25, 0.3) is 5.91 Å². The summed E-state index contributed by atoms with van der Waals surface area (Å²) in [7, 11) is 0. The van der Waals surface area contributed by atoms with Gasteiger partial charge in [0.05, 0.1) is 18.1 Å². The van der Waals surface area contributed by atoms with Crippen LogP contribution in [0.5, 0.6) is 5.75 Å². The third-order valence-electron chi connectivity index (χ3n) is 4.23. The summed E-state index contributed by atoms with van der Waals surface area (Å²) >= 11 is 0. The largest absolute Gasteiger partial charge is 0.481 e. The molecule has 2 aromatic heterocycles. The summed E-state index contributed by atoms with van der Waals surface area (Å²) < 4.78 is 5.47. The molecule has 1 aliphatic rings. The number of carbonyl (C=O) groups excluding carboxylic acids is 1. The number of carbonyl (C=O) groups is 1. The second kappa shape index (κ2) is 6.72. The van der Waals surface area contributed by atoms with Crippen molar-refractivity contribution >= 4 is 5.91 Å². The van der Waals surface area contributed by atoms with Gasteiger partial charge in [0.15, 0.2) is 12.4 Å². The third kappa shape index (κ3) is 3.21. The highest BCUT2D eigenvalue weighted by molar-refractivity contribution is 5.78. The summed E-state index contributed by atoms with van der Waals surface area (Å²) in [5.74, 6) is 0.427. The number of ether oxygens (including phenoxy) is 1. The van der Waals surface area contributed by atoms with E-state index in [1.807, 2.05) is 30.3 Å². The van der Waals surface area contributed by atoms with Gasteiger partial charge in [-0.05, 0) is 0 Å². The maximum atomic E-state index is 12.5. The molecule has 1 aromatic carbocycles. The lowest BCUT2D eigenvalue weighted by Crippen LogP contribution is -2.38. The molecule has 0 spiro atoms. The SMILES string of the molecule is O=C(COc1cncnc1)N1CCc2[nH]nc(-c3ccccc3)c2C1. The van der Waals surface area contributed by atoms with Gasteiger partial charge < -0.3 is 9.64 Å². The number of nitrogens with zero attached hydrogens (tertiary/aromatic N) is 4. The molecule has 4 rings (SSSR count). The molecule has 25 heavy (non-hydrogen) atoms. The van der Waals surface area contributed by atoms with Crippen molar-refractivity contribution in [3.63, 3.8) is 0 Å². The van der Waals surface area contributed by atoms with E-state index >= 15 is 0 Å². The van der Waals surface area contributed by atoms with Crippen LogP contribution in [0.4, 0.5) is 0 Å². The number of nitrogens with one attached hydrogen (secondary N) is 1. The Bertz CT molecular complexity index is 864. The van der Waals surface area contributed by atoms with Crippen molar-refractivity contribution in [3.8, 4) is 17.0 Å². The molecule has 126 valence electrons. The van der Waals surface area contributed by atoms with E-state index in [0.29, 0.717) is 18.8 Å². The quantitative estimate of drug-likeness (QED) is 0.786. The molecule has 0 fully saturated rings. The fourth-order valence-electron chi connectivity index (χ4n) is 2.94. The first-order chi connectivity index (χ1) is 12.3. The molecule has 1 amide bonds. The standard InChI is InChI=1S/C18H17N5O2/c24-17(11-25-14-8-19-12-20-9-14)23-7-6-16-15(10-23)18(22-21-16)13-4-2-1-3-5-13/h1-5,8-9,12H,6-7,10-11H2,(H,21,22). The molecule has 3 aromatic rings. The van der Waals surface area contributed by atoms with Crippen LogP contribution in [0.3, 0.4) is 0 Å². The van der Waals surface area contributed by atoms with Crippen LogP contribution in [0.1, 0.15) is 11.3 Å². The van der Waals surface area contributed by atoms with Gasteiger partial charge >= 0.3 is 0 Å². The van der Waals surface area contributed by atoms with E-state index in [1.54, 1.807) is 4.90 Å². The summed E-state index contributed by atoms with van der Waals surface area (Å²) in [5.41, 5.74) is 4.13. The monoisotopic (exact) mass is 335 g/mol. The minimum absolute atomic E-state index is 0.0266. The summed E-state index contributed by atoms with van der Waals surface area (Å²) in [6.07, 6.45) is 5.26. The van der Waals surface area contributed by atoms with Crippen molar-refractivity contribution in [3.05, 3.63) is 60.3 Å². The number of rotatable bonds is 4. The van der Waals surface area contributed by atoms with E-state index in [1.165, 1.54) is 18.7 Å². The number of H-pyrrole nitrogens is 1. The van der Waals surface area contributed by atoms with Crippen LogP contribution in [0, 0.1) is 0 Å². The van der Waals surface area contributed by atoms with Crippen molar-refractivity contribution in [2.24, 2.45) is 0 Å². The lowest BCUT2D eigenvalue weighted by atomic mass is 10.0. The number of aromatic amines is 1. The van der Waals surface area contributed by atoms with Crippen molar-refractivity contribution in [2.45, 2.75) is 13.0 Å². The number of fused-ring (bicyclic) bond motifs is 1. The van der Waals surface area contributed by atoms with Gasteiger partial charge in [0.2, 0.25) is 0 Å². The molecule has 1 N–H and O–H groups in total. The first kappa shape index (κ1) is 15.3. The molecule has 3 heterocycles. The maximum absolute atomic E-state index is 12.5. The lowest BCUT2D eigenvalue weighted by Gasteiger charge is -2.27. The van der Waals surface area contributed by atoms with E-state index in [9.17, 15) is 4.79 Å². The van der Waals surface area contributed by atoms with Gasteiger partial charge in [-0.25, -0.2) is 9.97 Å². The van der Waals surface area contributed by atoms with Crippen molar-refractivity contribution in [2.75, 3.05) is 13.2 Å². The molecule has 1 aliphatic heterocycles. The zero-order valence-corrected chi connectivity index (χ0v) is 13.6. The van der Waals surface area contributed by atoms with Crippen LogP contribution < -0.4 is 4.74 Å². The molecule has 0 radical (unpaired) electrons. The minimum atomic E-state index is -0.0604. The van der Waals surface area contributed by atoms with Gasteiger partial charge in [0, 0.05) is 36.3 Å². The highest BCUT2D eigenvalue weighted by atomic mass is 16.5. The highest BCUT2D eigenvalue weighted by Gasteiger charge is 2.25. The molecule has 7 nitrogen and oxygen atoms in total. The first-order valence-electron chi connectivity index (χ1n) is 8.08. The van der Waals surface area contributed by atoms with Crippen molar-refractivity contribution in [1.82, 2.24) is 25.1 Å². The first-order valence-corrected chi connectivity index (χ1v) is 8.08. The predicted molar refractivity (Wildman–Crippen MR) is 90.7 cm³/mol. The maximum Gasteiger partial charge on any atom is 0.260 e. The lowest BCUT2D eigenvalue weighted by molar-refractivity contribution is -0.134. The highest BCUT2D eigenvalue weighted by Crippen LogP contribution is 2.28. The van der Waals surface area contributed by atoms with Crippen LogP contribution in [-0.4, -0.2) is 44.1 Å². The second-order valence-corrected chi connectivity index (χ2v) is 5.82. The van der Waals surface area contributed by atoms with Gasteiger partial charge in [-0.2, -0.15) is 5.10 Å². The Kier molecular flexibility index (Phi) is 4.12. The topological polar surface area (TPSA) is 84.0 Å². The Hall–Kier alpha value is -3.22. The molecular weight excluding hydrogens is 318 g/mol. The smallest absolute Gasteiger partial charge is 0.260 e. The number of hydrogen-bond acceptors (Lipinski definition) is 5. The average Bonchev–Trinajstić information content (AvgIpc) is 3.11. The summed E-state index contributed by atoms with van der Waals surface area (Å²) in [5, 5.41) is 7.55. The zero-order chi connectivity index (χ0) is 17.1. The molecule has 0 saturated heterocycles. The number of benzene rings is 1. The molecule has 0 bridgehead atoms. The number of hydrogen-bond donors (Lipinski definition) is 1. The van der Waals surface area contributed by atoms with E-state index in [2.05, 4.69) is 20.2 Å². The predicted octanol–water partition coefficient (Wildman–Crippen LogP) is 1.83. The Morgan fingerprint density at radius 2 is 2.00 bits per heavy atom. The summed E-state index contributed by atoms with van der Waals surface area (Å²) in [6, 6.07) is 9.99. The van der Waals surface area contributed by atoms with E-state index in [0.717, 1.165) is 28.9 Å². The molecular formula is C18H17N5O2. The van der Waals surface area contributed by atoms with Gasteiger partial charge in [-0.3, -0.25) is 9.89 Å². The molecule has 0 saturated carbocycles. The van der Waals surface area contributed by atoms with Crippen LogP contribution in [0.2, 0.25) is 0 Å². The molecule has 0 atom stereocenters. The minimum Gasteiger partial charge on any atom is -0.481 e. The van der Waals surface area contributed by atoms with Crippen molar-refractivity contribution in [1.29, 1.82) is 0 Å².